The van der Waals surface area contributed by atoms with Gasteiger partial charge in [0.15, 0.2) is 0 Å². The number of hydrogen-bond acceptors (Lipinski definition) is 5. The highest BCUT2D eigenvalue weighted by molar-refractivity contribution is 7.91. The van der Waals surface area contributed by atoms with Gasteiger partial charge in [0.1, 0.15) is 0 Å². The molecule has 1 unspecified atom stereocenters. The Kier molecular flexibility index (Phi) is 6.88. The fourth-order valence-electron chi connectivity index (χ4n) is 4.71. The minimum absolute atomic E-state index is 0.248. The molecule has 0 amide bonds. The van der Waals surface area contributed by atoms with E-state index in [-0.39, 0.29) is 10.9 Å². The summed E-state index contributed by atoms with van der Waals surface area (Å²) in [6, 6.07) is 4.48. The van der Waals surface area contributed by atoms with Crippen molar-refractivity contribution in [3.05, 3.63) is 42.0 Å². The van der Waals surface area contributed by atoms with Crippen molar-refractivity contribution in [1.29, 1.82) is 0 Å². The maximum Gasteiger partial charge on any atom is 0.227 e. The Labute approximate surface area is 180 Å². The summed E-state index contributed by atoms with van der Waals surface area (Å²) in [5.74, 6) is 0.560. The van der Waals surface area contributed by atoms with Crippen LogP contribution < -0.4 is 0 Å². The highest BCUT2D eigenvalue weighted by Crippen LogP contribution is 2.33. The maximum atomic E-state index is 13.1. The standard InChI is InChI=1S/C23H34N4O2S/c1-2-3-14-27-21(16-25-23(27)30(28,29)18-19-8-6-9-19)17-26-13-5-4-11-22(26)20-10-7-12-24-15-20/h7,10,12,15-16,19,22H,2-6,8-9,11,13-14,17-18H2,1H3. The molecule has 1 saturated carbocycles. The Hall–Kier alpha value is -1.73. The van der Waals surface area contributed by atoms with Crippen molar-refractivity contribution in [1.82, 2.24) is 19.4 Å². The molecular formula is C23H34N4O2S. The molecule has 3 heterocycles. The first-order valence-corrected chi connectivity index (χ1v) is 13.1. The summed E-state index contributed by atoms with van der Waals surface area (Å²) >= 11 is 0. The second-order valence-corrected chi connectivity index (χ2v) is 10.8. The van der Waals surface area contributed by atoms with Crippen LogP contribution in [0, 0.1) is 5.92 Å². The van der Waals surface area contributed by atoms with Crippen LogP contribution in [-0.4, -0.2) is 40.2 Å². The van der Waals surface area contributed by atoms with Crippen molar-refractivity contribution in [2.75, 3.05) is 12.3 Å². The molecule has 30 heavy (non-hydrogen) atoms. The van der Waals surface area contributed by atoms with Gasteiger partial charge in [0.2, 0.25) is 15.0 Å². The number of aromatic nitrogens is 3. The van der Waals surface area contributed by atoms with Crippen molar-refractivity contribution >= 4 is 9.84 Å². The Morgan fingerprint density at radius 2 is 2.00 bits per heavy atom. The summed E-state index contributed by atoms with van der Waals surface area (Å²) in [4.78, 5) is 11.2. The normalized spacial score (nSPS) is 20.9. The zero-order chi connectivity index (χ0) is 21.0. The first kappa shape index (κ1) is 21.5. The van der Waals surface area contributed by atoms with Gasteiger partial charge < -0.3 is 4.57 Å². The maximum absolute atomic E-state index is 13.1. The lowest BCUT2D eigenvalue weighted by Gasteiger charge is -2.36. The van der Waals surface area contributed by atoms with Crippen LogP contribution in [0.1, 0.15) is 75.6 Å². The Balaban J connectivity index is 1.58. The lowest BCUT2D eigenvalue weighted by molar-refractivity contribution is 0.136. The first-order valence-electron chi connectivity index (χ1n) is 11.5. The van der Waals surface area contributed by atoms with Gasteiger partial charge in [0.05, 0.1) is 17.6 Å². The molecule has 0 spiro atoms. The highest BCUT2D eigenvalue weighted by atomic mass is 32.2. The molecule has 1 atom stereocenters. The van der Waals surface area contributed by atoms with E-state index in [4.69, 9.17) is 0 Å². The van der Waals surface area contributed by atoms with E-state index >= 15 is 0 Å². The molecule has 1 saturated heterocycles. The average molecular weight is 431 g/mol. The topological polar surface area (TPSA) is 68.1 Å². The number of rotatable bonds is 9. The molecule has 0 radical (unpaired) electrons. The third-order valence-corrected chi connectivity index (χ3v) is 8.44. The SMILES string of the molecule is CCCCn1c(CN2CCCCC2c2cccnc2)cnc1S(=O)(=O)CC1CCC1. The van der Waals surface area contributed by atoms with Gasteiger partial charge in [-0.1, -0.05) is 32.3 Å². The van der Waals surface area contributed by atoms with E-state index < -0.39 is 9.84 Å². The predicted octanol–water partition coefficient (Wildman–Crippen LogP) is 4.38. The van der Waals surface area contributed by atoms with E-state index in [0.717, 1.165) is 63.9 Å². The van der Waals surface area contributed by atoms with Crippen molar-refractivity contribution in [2.24, 2.45) is 5.92 Å². The summed E-state index contributed by atoms with van der Waals surface area (Å²) in [6.45, 7) is 4.61. The van der Waals surface area contributed by atoms with E-state index in [9.17, 15) is 8.42 Å². The number of hydrogen-bond donors (Lipinski definition) is 0. The monoisotopic (exact) mass is 430 g/mol. The number of piperidine rings is 1. The smallest absolute Gasteiger partial charge is 0.227 e. The van der Waals surface area contributed by atoms with E-state index in [2.05, 4.69) is 27.9 Å². The largest absolute Gasteiger partial charge is 0.318 e. The van der Waals surface area contributed by atoms with Gasteiger partial charge in [-0.25, -0.2) is 13.4 Å². The number of pyridine rings is 1. The zero-order valence-electron chi connectivity index (χ0n) is 18.0. The van der Waals surface area contributed by atoms with Gasteiger partial charge >= 0.3 is 0 Å². The second kappa shape index (κ2) is 9.60. The van der Waals surface area contributed by atoms with Crippen molar-refractivity contribution in [3.8, 4) is 0 Å². The summed E-state index contributed by atoms with van der Waals surface area (Å²) in [6.07, 6.45) is 14.3. The number of unbranched alkanes of at least 4 members (excludes halogenated alkanes) is 1. The van der Waals surface area contributed by atoms with Crippen molar-refractivity contribution in [2.45, 2.75) is 82.6 Å². The molecule has 2 aliphatic rings. The quantitative estimate of drug-likeness (QED) is 0.591. The third kappa shape index (κ3) is 4.78. The molecule has 2 aromatic heterocycles. The Bertz CT molecular complexity index is 922. The number of likely N-dealkylation sites (tertiary alicyclic amines) is 1. The van der Waals surface area contributed by atoms with Crippen LogP contribution in [-0.2, 0) is 22.9 Å². The van der Waals surface area contributed by atoms with E-state index in [0.29, 0.717) is 12.0 Å². The van der Waals surface area contributed by atoms with E-state index in [1.807, 2.05) is 23.0 Å². The second-order valence-electron chi connectivity index (χ2n) is 8.88. The lowest BCUT2D eigenvalue weighted by atomic mass is 9.87. The Morgan fingerprint density at radius 1 is 1.13 bits per heavy atom. The van der Waals surface area contributed by atoms with Crippen LogP contribution >= 0.6 is 0 Å². The molecule has 0 aromatic carbocycles. The number of nitrogens with zero attached hydrogens (tertiary/aromatic N) is 4. The van der Waals surface area contributed by atoms with E-state index in [1.165, 1.54) is 18.4 Å². The van der Waals surface area contributed by atoms with Crippen LogP contribution in [0.2, 0.25) is 0 Å². The van der Waals surface area contributed by atoms with Crippen LogP contribution in [0.15, 0.2) is 35.9 Å². The molecule has 1 aliphatic heterocycles. The summed E-state index contributed by atoms with van der Waals surface area (Å²) in [5.41, 5.74) is 2.26. The fraction of sp³-hybridized carbons (Fsp3) is 0.652. The van der Waals surface area contributed by atoms with Crippen LogP contribution in [0.4, 0.5) is 0 Å². The van der Waals surface area contributed by atoms with Gasteiger partial charge in [-0.2, -0.15) is 0 Å². The lowest BCUT2D eigenvalue weighted by Crippen LogP contribution is -2.34. The van der Waals surface area contributed by atoms with Crippen LogP contribution in [0.25, 0.3) is 0 Å². The summed E-state index contributed by atoms with van der Waals surface area (Å²) in [7, 11) is -3.34. The van der Waals surface area contributed by atoms with Crippen LogP contribution in [0.3, 0.4) is 0 Å². The third-order valence-electron chi connectivity index (χ3n) is 6.64. The van der Waals surface area contributed by atoms with E-state index in [1.54, 1.807) is 6.20 Å². The Morgan fingerprint density at radius 3 is 2.70 bits per heavy atom. The molecule has 164 valence electrons. The molecular weight excluding hydrogens is 396 g/mol. The first-order chi connectivity index (χ1) is 14.6. The molecule has 2 aromatic rings. The van der Waals surface area contributed by atoms with Crippen molar-refractivity contribution < 1.29 is 8.42 Å². The predicted molar refractivity (Wildman–Crippen MR) is 118 cm³/mol. The number of imidazole rings is 1. The molecule has 0 bridgehead atoms. The fourth-order valence-corrected chi connectivity index (χ4v) is 6.57. The summed E-state index contributed by atoms with van der Waals surface area (Å²) in [5, 5.41) is 0.285. The zero-order valence-corrected chi connectivity index (χ0v) is 18.9. The highest BCUT2D eigenvalue weighted by Gasteiger charge is 2.31. The van der Waals surface area contributed by atoms with Gasteiger partial charge in [0, 0.05) is 31.5 Å². The molecule has 4 rings (SSSR count). The van der Waals surface area contributed by atoms with Gasteiger partial charge in [-0.3, -0.25) is 9.88 Å². The molecule has 1 aliphatic carbocycles. The molecule has 2 fully saturated rings. The molecule has 6 nitrogen and oxygen atoms in total. The summed E-state index contributed by atoms with van der Waals surface area (Å²) < 4.78 is 28.2. The molecule has 0 N–H and O–H groups in total. The minimum Gasteiger partial charge on any atom is -0.318 e. The molecule has 7 heteroatoms. The minimum atomic E-state index is -3.34. The van der Waals surface area contributed by atoms with Gasteiger partial charge in [-0.15, -0.1) is 0 Å². The average Bonchev–Trinajstić information content (AvgIpc) is 3.14. The van der Waals surface area contributed by atoms with Crippen molar-refractivity contribution in [3.63, 3.8) is 0 Å². The number of sulfone groups is 1. The van der Waals surface area contributed by atoms with Crippen LogP contribution in [0.5, 0.6) is 0 Å². The van der Waals surface area contributed by atoms with Gasteiger partial charge in [0.25, 0.3) is 0 Å². The van der Waals surface area contributed by atoms with Gasteiger partial charge in [-0.05, 0) is 56.2 Å².